The molecule has 2 heteroatoms. The first-order valence-electron chi connectivity index (χ1n) is 7.08. The summed E-state index contributed by atoms with van der Waals surface area (Å²) in [6.07, 6.45) is 0. The minimum atomic E-state index is -0.244. The molecule has 0 heterocycles. The van der Waals surface area contributed by atoms with Crippen molar-refractivity contribution in [2.45, 2.75) is 39.4 Å². The van der Waals surface area contributed by atoms with Crippen molar-refractivity contribution in [3.63, 3.8) is 0 Å². The first kappa shape index (κ1) is 14.8. The lowest BCUT2D eigenvalue weighted by Crippen LogP contribution is -2.56. The molecular formula is C18H24NO+. The van der Waals surface area contributed by atoms with Crippen molar-refractivity contribution < 1.29 is 9.85 Å². The van der Waals surface area contributed by atoms with E-state index < -0.39 is 0 Å². The van der Waals surface area contributed by atoms with Gasteiger partial charge in [-0.3, -0.25) is 0 Å². The van der Waals surface area contributed by atoms with Crippen LogP contribution in [-0.2, 0) is 13.1 Å². The van der Waals surface area contributed by atoms with Gasteiger partial charge in [0.1, 0.15) is 18.6 Å². The zero-order chi connectivity index (χ0) is 14.6. The SMILES string of the molecule is CC(C)(C)[N+](O)(Cc1ccccc1)Cc1ccccc1. The van der Waals surface area contributed by atoms with E-state index >= 15 is 0 Å². The van der Waals surface area contributed by atoms with Gasteiger partial charge < -0.3 is 0 Å². The molecule has 0 bridgehead atoms. The summed E-state index contributed by atoms with van der Waals surface area (Å²) in [7, 11) is 0. The second-order valence-corrected chi connectivity index (χ2v) is 6.38. The van der Waals surface area contributed by atoms with Crippen molar-refractivity contribution >= 4 is 0 Å². The van der Waals surface area contributed by atoms with E-state index in [1.165, 1.54) is 0 Å². The van der Waals surface area contributed by atoms with Gasteiger partial charge in [-0.15, -0.1) is 0 Å². The van der Waals surface area contributed by atoms with Gasteiger partial charge >= 0.3 is 0 Å². The monoisotopic (exact) mass is 270 g/mol. The summed E-state index contributed by atoms with van der Waals surface area (Å²) < 4.78 is 0.00102. The van der Waals surface area contributed by atoms with Crippen LogP contribution < -0.4 is 0 Å². The molecule has 0 unspecified atom stereocenters. The average molecular weight is 270 g/mol. The fourth-order valence-corrected chi connectivity index (χ4v) is 2.30. The van der Waals surface area contributed by atoms with Crippen molar-refractivity contribution in [1.82, 2.24) is 0 Å². The lowest BCUT2D eigenvalue weighted by atomic mass is 10.0. The van der Waals surface area contributed by atoms with E-state index in [0.717, 1.165) is 11.1 Å². The Morgan fingerprint density at radius 3 is 1.40 bits per heavy atom. The van der Waals surface area contributed by atoms with Crippen LogP contribution in [0, 0.1) is 0 Å². The highest BCUT2D eigenvalue weighted by atomic mass is 16.5. The topological polar surface area (TPSA) is 20.2 Å². The van der Waals surface area contributed by atoms with Crippen LogP contribution in [0.2, 0.25) is 0 Å². The predicted octanol–water partition coefficient (Wildman–Crippen LogP) is 4.39. The fraction of sp³-hybridized carbons (Fsp3) is 0.333. The van der Waals surface area contributed by atoms with E-state index in [9.17, 15) is 5.21 Å². The summed E-state index contributed by atoms with van der Waals surface area (Å²) in [4.78, 5) is 0. The van der Waals surface area contributed by atoms with Crippen LogP contribution in [-0.4, -0.2) is 15.4 Å². The summed E-state index contributed by atoms with van der Waals surface area (Å²) >= 11 is 0. The van der Waals surface area contributed by atoms with Crippen LogP contribution in [0.5, 0.6) is 0 Å². The molecule has 0 fully saturated rings. The highest BCUT2D eigenvalue weighted by Crippen LogP contribution is 2.28. The summed E-state index contributed by atoms with van der Waals surface area (Å²) in [5.41, 5.74) is 2.06. The Kier molecular flexibility index (Phi) is 4.26. The maximum absolute atomic E-state index is 11.2. The Morgan fingerprint density at radius 2 is 1.10 bits per heavy atom. The number of hydrogen-bond acceptors (Lipinski definition) is 1. The molecule has 20 heavy (non-hydrogen) atoms. The molecule has 0 saturated heterocycles. The van der Waals surface area contributed by atoms with Crippen LogP contribution in [0.4, 0.5) is 0 Å². The van der Waals surface area contributed by atoms with Gasteiger partial charge in [-0.25, -0.2) is 5.21 Å². The highest BCUT2D eigenvalue weighted by Gasteiger charge is 2.40. The largest absolute Gasteiger partial charge is 0.216 e. The molecule has 106 valence electrons. The van der Waals surface area contributed by atoms with Crippen LogP contribution in [0.1, 0.15) is 31.9 Å². The highest BCUT2D eigenvalue weighted by molar-refractivity contribution is 5.15. The first-order chi connectivity index (χ1) is 9.41. The molecule has 0 aromatic heterocycles. The summed E-state index contributed by atoms with van der Waals surface area (Å²) in [6, 6.07) is 20.4. The summed E-state index contributed by atoms with van der Waals surface area (Å²) in [5.74, 6) is 0. The lowest BCUT2D eigenvalue weighted by molar-refractivity contribution is -1.16. The molecule has 0 aliphatic heterocycles. The van der Waals surface area contributed by atoms with Gasteiger partial charge in [-0.1, -0.05) is 60.7 Å². The van der Waals surface area contributed by atoms with E-state index in [-0.39, 0.29) is 10.2 Å². The third kappa shape index (κ3) is 3.47. The fourth-order valence-electron chi connectivity index (χ4n) is 2.30. The van der Waals surface area contributed by atoms with E-state index in [1.807, 2.05) is 36.4 Å². The second-order valence-electron chi connectivity index (χ2n) is 6.38. The van der Waals surface area contributed by atoms with Gasteiger partial charge in [-0.05, 0) is 20.8 Å². The molecular weight excluding hydrogens is 246 g/mol. The summed E-state index contributed by atoms with van der Waals surface area (Å²) in [5, 5.41) is 11.2. The van der Waals surface area contributed by atoms with Gasteiger partial charge in [-0.2, -0.15) is 4.65 Å². The number of benzene rings is 2. The van der Waals surface area contributed by atoms with Crippen LogP contribution in [0.25, 0.3) is 0 Å². The Morgan fingerprint density at radius 1 is 0.750 bits per heavy atom. The number of rotatable bonds is 4. The Balaban J connectivity index is 2.27. The summed E-state index contributed by atoms with van der Waals surface area (Å²) in [6.45, 7) is 7.47. The molecule has 2 rings (SSSR count). The van der Waals surface area contributed by atoms with Gasteiger partial charge in [0, 0.05) is 11.1 Å². The second kappa shape index (κ2) is 5.78. The predicted molar refractivity (Wildman–Crippen MR) is 82.1 cm³/mol. The van der Waals surface area contributed by atoms with Crippen molar-refractivity contribution in [1.29, 1.82) is 0 Å². The van der Waals surface area contributed by atoms with Crippen LogP contribution >= 0.6 is 0 Å². The quantitative estimate of drug-likeness (QED) is 0.645. The van der Waals surface area contributed by atoms with Crippen LogP contribution in [0.3, 0.4) is 0 Å². The molecule has 0 radical (unpaired) electrons. The Labute approximate surface area is 121 Å². The molecule has 2 nitrogen and oxygen atoms in total. The van der Waals surface area contributed by atoms with Crippen LogP contribution in [0.15, 0.2) is 60.7 Å². The van der Waals surface area contributed by atoms with Crippen molar-refractivity contribution in [3.8, 4) is 0 Å². The number of nitrogens with zero attached hydrogens (tertiary/aromatic N) is 1. The molecule has 2 aromatic rings. The van der Waals surface area contributed by atoms with Crippen molar-refractivity contribution in [3.05, 3.63) is 71.8 Å². The first-order valence-corrected chi connectivity index (χ1v) is 7.08. The Bertz CT molecular complexity index is 487. The smallest absolute Gasteiger partial charge is 0.135 e. The minimum Gasteiger partial charge on any atom is -0.216 e. The number of quaternary nitrogens is 1. The molecule has 0 aliphatic rings. The number of hydroxylamine groups is 3. The van der Waals surface area contributed by atoms with Gasteiger partial charge in [0.15, 0.2) is 0 Å². The maximum atomic E-state index is 11.2. The minimum absolute atomic E-state index is 0.00102. The lowest BCUT2D eigenvalue weighted by Gasteiger charge is -2.41. The van der Waals surface area contributed by atoms with E-state index in [4.69, 9.17) is 0 Å². The Hall–Kier alpha value is -1.64. The third-order valence-corrected chi connectivity index (χ3v) is 3.82. The molecule has 0 aliphatic carbocycles. The van der Waals surface area contributed by atoms with Crippen molar-refractivity contribution in [2.75, 3.05) is 0 Å². The van der Waals surface area contributed by atoms with Crippen molar-refractivity contribution in [2.24, 2.45) is 0 Å². The van der Waals surface area contributed by atoms with Gasteiger partial charge in [0.25, 0.3) is 0 Å². The van der Waals surface area contributed by atoms with E-state index in [0.29, 0.717) is 13.1 Å². The average Bonchev–Trinajstić information content (AvgIpc) is 2.39. The maximum Gasteiger partial charge on any atom is 0.135 e. The van der Waals surface area contributed by atoms with Gasteiger partial charge in [0.2, 0.25) is 0 Å². The zero-order valence-corrected chi connectivity index (χ0v) is 12.6. The van der Waals surface area contributed by atoms with E-state index in [2.05, 4.69) is 45.0 Å². The third-order valence-electron chi connectivity index (χ3n) is 3.82. The molecule has 1 N–H and O–H groups in total. The molecule has 0 spiro atoms. The normalized spacial score (nSPS) is 12.4. The van der Waals surface area contributed by atoms with E-state index in [1.54, 1.807) is 0 Å². The molecule has 2 aromatic carbocycles. The zero-order valence-electron chi connectivity index (χ0n) is 12.6. The molecule has 0 amide bonds. The molecule has 0 atom stereocenters. The number of hydrogen-bond donors (Lipinski definition) is 1. The molecule has 0 saturated carbocycles. The standard InChI is InChI=1S/C18H24NO/c1-18(2,3)19(20,14-16-10-6-4-7-11-16)15-17-12-8-5-9-13-17/h4-13,20H,14-15H2,1-3H3/q+1. The van der Waals surface area contributed by atoms with Gasteiger partial charge in [0.05, 0.1) is 0 Å².